The number of carbonyl (C=O) groups is 1. The van der Waals surface area contributed by atoms with Crippen LogP contribution in [0, 0.1) is 0 Å². The van der Waals surface area contributed by atoms with E-state index in [2.05, 4.69) is 20.9 Å². The lowest BCUT2D eigenvalue weighted by Crippen LogP contribution is -2.30. The molecule has 0 atom stereocenters. The Labute approximate surface area is 143 Å². The summed E-state index contributed by atoms with van der Waals surface area (Å²) >= 11 is 5.92. The van der Waals surface area contributed by atoms with Gasteiger partial charge in [0, 0.05) is 10.4 Å². The van der Waals surface area contributed by atoms with Crippen LogP contribution < -0.4 is 16.7 Å². The van der Waals surface area contributed by atoms with E-state index >= 15 is 0 Å². The van der Waals surface area contributed by atoms with Crippen LogP contribution in [0.4, 0.5) is 5.69 Å². The molecule has 0 unspecified atom stereocenters. The van der Waals surface area contributed by atoms with E-state index in [0.717, 1.165) is 11.1 Å². The maximum atomic E-state index is 12.0. The van der Waals surface area contributed by atoms with Gasteiger partial charge in [0.2, 0.25) is 0 Å². The van der Waals surface area contributed by atoms with E-state index in [1.165, 1.54) is 6.21 Å². The van der Waals surface area contributed by atoms with Gasteiger partial charge in [0.05, 0.1) is 28.7 Å². The van der Waals surface area contributed by atoms with Crippen molar-refractivity contribution in [1.29, 1.82) is 0 Å². The van der Waals surface area contributed by atoms with Gasteiger partial charge in [-0.3, -0.25) is 15.6 Å². The third kappa shape index (κ3) is 3.51. The molecule has 4 N–H and O–H groups in total. The zero-order valence-corrected chi connectivity index (χ0v) is 13.3. The summed E-state index contributed by atoms with van der Waals surface area (Å²) in [6.45, 7) is 0. The van der Waals surface area contributed by atoms with Crippen molar-refractivity contribution in [2.45, 2.75) is 0 Å². The highest BCUT2D eigenvalue weighted by Crippen LogP contribution is 2.18. The lowest BCUT2D eigenvalue weighted by Gasteiger charge is -2.06. The number of nitrogen functional groups attached to an aromatic ring is 1. The number of hydrazone groups is 1. The number of aromatic nitrogens is 1. The maximum absolute atomic E-state index is 12.0. The van der Waals surface area contributed by atoms with Crippen molar-refractivity contribution in [3.8, 4) is 0 Å². The van der Waals surface area contributed by atoms with E-state index < -0.39 is 0 Å². The number of carbonyl (C=O) groups excluding carboxylic acids is 1. The molecule has 0 bridgehead atoms. The second kappa shape index (κ2) is 7.08. The van der Waals surface area contributed by atoms with Crippen LogP contribution in [0.1, 0.15) is 16.1 Å². The van der Waals surface area contributed by atoms with Crippen LogP contribution in [-0.2, 0) is 0 Å². The second-order valence-corrected chi connectivity index (χ2v) is 5.40. The first-order chi connectivity index (χ1) is 11.7. The fourth-order valence-corrected chi connectivity index (χ4v) is 2.45. The lowest BCUT2D eigenvalue weighted by molar-refractivity contribution is 0.0955. The molecule has 0 aliphatic rings. The van der Waals surface area contributed by atoms with Crippen molar-refractivity contribution in [3.63, 3.8) is 0 Å². The molecule has 0 saturated carbocycles. The average Bonchev–Trinajstić information content (AvgIpc) is 2.60. The van der Waals surface area contributed by atoms with Crippen molar-refractivity contribution in [3.05, 3.63) is 70.9 Å². The highest BCUT2D eigenvalue weighted by molar-refractivity contribution is 6.30. The molecule has 1 aromatic heterocycles. The van der Waals surface area contributed by atoms with Gasteiger partial charge in [0.15, 0.2) is 0 Å². The molecule has 0 fully saturated rings. The minimum absolute atomic E-state index is 0.383. The third-order valence-electron chi connectivity index (χ3n) is 3.33. The molecule has 2 aromatic carbocycles. The summed E-state index contributed by atoms with van der Waals surface area (Å²) in [4.78, 5) is 16.4. The fraction of sp³-hybridized carbons (Fsp3) is 0. The van der Waals surface area contributed by atoms with E-state index in [9.17, 15) is 4.79 Å². The topological polar surface area (TPSA) is 92.4 Å². The van der Waals surface area contributed by atoms with Crippen molar-refractivity contribution in [2.75, 3.05) is 5.43 Å². The monoisotopic (exact) mass is 339 g/mol. The Kier molecular flexibility index (Phi) is 4.69. The maximum Gasteiger partial charge on any atom is 0.265 e. The number of halogens is 1. The lowest BCUT2D eigenvalue weighted by atomic mass is 10.1. The molecule has 0 aliphatic carbocycles. The van der Waals surface area contributed by atoms with Crippen LogP contribution in [0.3, 0.4) is 0 Å². The summed E-state index contributed by atoms with van der Waals surface area (Å²) < 4.78 is 0. The van der Waals surface area contributed by atoms with Crippen molar-refractivity contribution in [2.24, 2.45) is 10.9 Å². The molecule has 6 nitrogen and oxygen atoms in total. The van der Waals surface area contributed by atoms with Crippen molar-refractivity contribution in [1.82, 2.24) is 10.4 Å². The first-order valence-electron chi connectivity index (χ1n) is 7.13. The van der Waals surface area contributed by atoms with E-state index in [0.29, 0.717) is 21.8 Å². The first-order valence-corrected chi connectivity index (χ1v) is 7.50. The fourth-order valence-electron chi connectivity index (χ4n) is 2.26. The predicted octanol–water partition coefficient (Wildman–Crippen LogP) is 2.94. The average molecular weight is 340 g/mol. The number of para-hydroxylation sites is 1. The van der Waals surface area contributed by atoms with Gasteiger partial charge in [-0.05, 0) is 30.3 Å². The summed E-state index contributed by atoms with van der Waals surface area (Å²) in [5, 5.41) is 5.46. The summed E-state index contributed by atoms with van der Waals surface area (Å²) in [5.41, 5.74) is 7.41. The second-order valence-electron chi connectivity index (χ2n) is 4.97. The summed E-state index contributed by atoms with van der Waals surface area (Å²) in [7, 11) is 0. The smallest absolute Gasteiger partial charge is 0.265 e. The van der Waals surface area contributed by atoms with E-state index in [1.807, 2.05) is 36.4 Å². The van der Waals surface area contributed by atoms with Crippen LogP contribution in [-0.4, -0.2) is 17.1 Å². The molecular formula is C17H14ClN5O. The Bertz CT molecular complexity index is 926. The molecule has 0 radical (unpaired) electrons. The molecule has 0 aliphatic heterocycles. The number of nitrogens with two attached hydrogens (primary N) is 1. The van der Waals surface area contributed by atoms with Gasteiger partial charge in [0.25, 0.3) is 5.91 Å². The normalized spacial score (nSPS) is 10.9. The number of hydrazine groups is 1. The van der Waals surface area contributed by atoms with Gasteiger partial charge < -0.3 is 0 Å². The summed E-state index contributed by atoms with van der Waals surface area (Å²) in [5.74, 6) is 4.87. The summed E-state index contributed by atoms with van der Waals surface area (Å²) in [6.07, 6.45) is 1.53. The number of pyridine rings is 1. The molecule has 0 spiro atoms. The molecule has 0 saturated heterocycles. The molecule has 7 heteroatoms. The number of nitrogens with one attached hydrogen (secondary N) is 2. The number of hydrogen-bond acceptors (Lipinski definition) is 5. The summed E-state index contributed by atoms with van der Waals surface area (Å²) in [6, 6.07) is 16.1. The van der Waals surface area contributed by atoms with Crippen LogP contribution in [0.25, 0.3) is 10.9 Å². The van der Waals surface area contributed by atoms with Gasteiger partial charge in [0.1, 0.15) is 0 Å². The largest absolute Gasteiger partial charge is 0.290 e. The van der Waals surface area contributed by atoms with Gasteiger partial charge in [-0.2, -0.15) is 5.10 Å². The minimum Gasteiger partial charge on any atom is -0.290 e. The van der Waals surface area contributed by atoms with Gasteiger partial charge >= 0.3 is 0 Å². The number of hydrogen-bond donors (Lipinski definition) is 3. The molecule has 3 rings (SSSR count). The van der Waals surface area contributed by atoms with Crippen LogP contribution in [0.15, 0.2) is 59.7 Å². The Hall–Kier alpha value is -2.96. The standard InChI is InChI=1S/C17H14ClN5O/c18-11-4-3-5-12(8-11)23-20-10-13-9-15(17(24)22-19)14-6-1-2-7-16(14)21-13/h1-10,23H,19H2,(H,22,24)/b20-10+. The number of fused-ring (bicyclic) bond motifs is 1. The Balaban J connectivity index is 1.91. The highest BCUT2D eigenvalue weighted by Gasteiger charge is 2.11. The highest BCUT2D eigenvalue weighted by atomic mass is 35.5. The van der Waals surface area contributed by atoms with Gasteiger partial charge in [-0.1, -0.05) is 35.9 Å². The Morgan fingerprint density at radius 3 is 2.79 bits per heavy atom. The van der Waals surface area contributed by atoms with Crippen LogP contribution in [0.2, 0.25) is 5.02 Å². The number of nitrogens with zero attached hydrogens (tertiary/aromatic N) is 2. The molecule has 3 aromatic rings. The molecule has 1 heterocycles. The third-order valence-corrected chi connectivity index (χ3v) is 3.56. The zero-order chi connectivity index (χ0) is 16.9. The first kappa shape index (κ1) is 15.9. The van der Waals surface area contributed by atoms with E-state index in [-0.39, 0.29) is 5.91 Å². The van der Waals surface area contributed by atoms with Crippen LogP contribution >= 0.6 is 11.6 Å². The molecular weight excluding hydrogens is 326 g/mol. The quantitative estimate of drug-likeness (QED) is 0.295. The number of rotatable bonds is 4. The molecule has 24 heavy (non-hydrogen) atoms. The zero-order valence-electron chi connectivity index (χ0n) is 12.5. The SMILES string of the molecule is NNC(=O)c1cc(/C=N/Nc2cccc(Cl)c2)nc2ccccc12. The molecule has 1 amide bonds. The van der Waals surface area contributed by atoms with E-state index in [4.69, 9.17) is 17.4 Å². The molecule has 120 valence electrons. The number of benzene rings is 2. The van der Waals surface area contributed by atoms with Crippen LogP contribution in [0.5, 0.6) is 0 Å². The minimum atomic E-state index is -0.383. The predicted molar refractivity (Wildman–Crippen MR) is 96.1 cm³/mol. The Morgan fingerprint density at radius 2 is 2.00 bits per heavy atom. The van der Waals surface area contributed by atoms with Crippen molar-refractivity contribution < 1.29 is 4.79 Å². The van der Waals surface area contributed by atoms with Crippen molar-refractivity contribution >= 4 is 40.3 Å². The Morgan fingerprint density at radius 1 is 1.17 bits per heavy atom. The number of amides is 1. The number of anilines is 1. The van der Waals surface area contributed by atoms with Gasteiger partial charge in [-0.25, -0.2) is 10.8 Å². The van der Waals surface area contributed by atoms with E-state index in [1.54, 1.807) is 18.2 Å². The van der Waals surface area contributed by atoms with Gasteiger partial charge in [-0.15, -0.1) is 0 Å².